The van der Waals surface area contributed by atoms with Gasteiger partial charge in [0, 0.05) is 24.2 Å². The molecule has 1 aliphatic rings. The number of anilines is 2. The molecule has 1 aliphatic carbocycles. The number of benzene rings is 2. The lowest BCUT2D eigenvalue weighted by molar-refractivity contribution is 0.558. The summed E-state index contributed by atoms with van der Waals surface area (Å²) in [6.07, 6.45) is 10.1. The first-order valence-corrected chi connectivity index (χ1v) is 15.1. The minimum atomic E-state index is 0.440. The van der Waals surface area contributed by atoms with Crippen molar-refractivity contribution < 1.29 is 4.42 Å². The molecular weight excluding hydrogens is 550 g/mol. The van der Waals surface area contributed by atoms with Crippen molar-refractivity contribution in [3.8, 4) is 39.9 Å². The zero-order chi connectivity index (χ0) is 30.5. The van der Waals surface area contributed by atoms with E-state index in [9.17, 15) is 0 Å². The lowest BCUT2D eigenvalue weighted by Crippen LogP contribution is -2.15. The van der Waals surface area contributed by atoms with Gasteiger partial charge in [0.25, 0.3) is 0 Å². The summed E-state index contributed by atoms with van der Waals surface area (Å²) >= 11 is 0. The third kappa shape index (κ3) is 6.75. The van der Waals surface area contributed by atoms with Gasteiger partial charge in [0.05, 0.1) is 11.9 Å². The summed E-state index contributed by atoms with van der Waals surface area (Å²) in [7, 11) is 0. The molecule has 10 nitrogen and oxygen atoms in total. The van der Waals surface area contributed by atoms with E-state index in [1.54, 1.807) is 4.68 Å². The second-order valence-corrected chi connectivity index (χ2v) is 11.7. The van der Waals surface area contributed by atoms with Crippen molar-refractivity contribution in [1.82, 2.24) is 34.9 Å². The average Bonchev–Trinajstić information content (AvgIpc) is 3.73. The average molecular weight is 588 g/mol. The Bertz CT molecular complexity index is 1750. The number of nitrogens with one attached hydrogen (secondary N) is 2. The summed E-state index contributed by atoms with van der Waals surface area (Å²) in [5.74, 6) is 3.69. The molecule has 0 saturated heterocycles. The second-order valence-electron chi connectivity index (χ2n) is 11.7. The van der Waals surface area contributed by atoms with Gasteiger partial charge < -0.3 is 15.1 Å². The van der Waals surface area contributed by atoms with E-state index in [4.69, 9.17) is 9.40 Å². The first-order chi connectivity index (χ1) is 21.4. The fraction of sp³-hybridized carbons (Fsp3) is 0.294. The molecule has 3 aromatic heterocycles. The molecule has 2 N–H and O–H groups in total. The third-order valence-electron chi connectivity index (χ3n) is 7.03. The molecular formula is C34H37N9O. The molecule has 0 aliphatic heterocycles. The zero-order valence-corrected chi connectivity index (χ0v) is 25.5. The van der Waals surface area contributed by atoms with E-state index in [0.29, 0.717) is 41.1 Å². The molecule has 0 amide bonds. The minimum Gasteiger partial charge on any atom is -0.436 e. The van der Waals surface area contributed by atoms with Crippen LogP contribution in [-0.4, -0.2) is 48.0 Å². The molecule has 0 unspecified atom stereocenters. The maximum atomic E-state index is 6.47. The van der Waals surface area contributed by atoms with Crippen LogP contribution in [0.5, 0.6) is 0 Å². The Labute approximate surface area is 257 Å². The van der Waals surface area contributed by atoms with Gasteiger partial charge in [-0.3, -0.25) is 0 Å². The molecule has 5 aromatic rings. The number of hydrogen-bond acceptors (Lipinski definition) is 9. The van der Waals surface area contributed by atoms with Gasteiger partial charge in [0.15, 0.2) is 17.3 Å². The van der Waals surface area contributed by atoms with Crippen LogP contribution in [0.15, 0.2) is 83.4 Å². The SMILES string of the molecule is CC(C)CNc1nc(NCC(C)C)nc(-c2cn(-c3cccc(-c4nc(-c5ccccc5)c(C5=CC=CCC5)o4)c3)nn2)n1. The van der Waals surface area contributed by atoms with Crippen molar-refractivity contribution in [2.75, 3.05) is 23.7 Å². The van der Waals surface area contributed by atoms with E-state index >= 15 is 0 Å². The van der Waals surface area contributed by atoms with Gasteiger partial charge >= 0.3 is 0 Å². The molecule has 0 fully saturated rings. The Hall–Kier alpha value is -5.12. The van der Waals surface area contributed by atoms with Crippen LogP contribution in [0.2, 0.25) is 0 Å². The number of oxazole rings is 1. The summed E-state index contributed by atoms with van der Waals surface area (Å²) in [6.45, 7) is 10.0. The molecule has 6 rings (SSSR count). The number of hydrogen-bond donors (Lipinski definition) is 2. The van der Waals surface area contributed by atoms with Crippen molar-refractivity contribution in [1.29, 1.82) is 0 Å². The first kappa shape index (κ1) is 29.0. The number of nitrogens with zero attached hydrogens (tertiary/aromatic N) is 7. The molecule has 224 valence electrons. The monoisotopic (exact) mass is 587 g/mol. The van der Waals surface area contributed by atoms with Gasteiger partial charge in [-0.1, -0.05) is 87.5 Å². The van der Waals surface area contributed by atoms with Crippen molar-refractivity contribution >= 4 is 17.5 Å². The van der Waals surface area contributed by atoms with Crippen LogP contribution in [0.25, 0.3) is 45.5 Å². The number of rotatable bonds is 11. The highest BCUT2D eigenvalue weighted by Crippen LogP contribution is 2.36. The standard InChI is InChI=1S/C34H37N9O/c1-22(2)19-35-33-38-31(39-34(40-33)36-20-23(3)4)28-21-43(42-41-28)27-17-11-16-26(18-27)32-37-29(24-12-7-5-8-13-24)30(44-32)25-14-9-6-10-15-25/h5-9,11-14,16-18,21-23H,10,15,19-20H2,1-4H3,(H2,35,36,38,39,40). The van der Waals surface area contributed by atoms with Gasteiger partial charge in [-0.25, -0.2) is 9.67 Å². The Balaban J connectivity index is 1.32. The lowest BCUT2D eigenvalue weighted by Gasteiger charge is -2.11. The van der Waals surface area contributed by atoms with Gasteiger partial charge in [0.2, 0.25) is 17.8 Å². The lowest BCUT2D eigenvalue weighted by atomic mass is 9.99. The molecule has 0 saturated carbocycles. The van der Waals surface area contributed by atoms with Crippen LogP contribution < -0.4 is 10.6 Å². The van der Waals surface area contributed by atoms with Crippen LogP contribution >= 0.6 is 0 Å². The molecule has 0 radical (unpaired) electrons. The molecule has 3 heterocycles. The van der Waals surface area contributed by atoms with Crippen LogP contribution in [-0.2, 0) is 0 Å². The fourth-order valence-corrected chi connectivity index (χ4v) is 4.76. The summed E-state index contributed by atoms with van der Waals surface area (Å²) in [5, 5.41) is 15.4. The predicted octanol–water partition coefficient (Wildman–Crippen LogP) is 7.31. The molecule has 2 aromatic carbocycles. The molecule has 10 heteroatoms. The van der Waals surface area contributed by atoms with Crippen LogP contribution in [0.3, 0.4) is 0 Å². The van der Waals surface area contributed by atoms with Crippen molar-refractivity contribution in [3.05, 3.63) is 84.8 Å². The largest absolute Gasteiger partial charge is 0.436 e. The Morgan fingerprint density at radius 1 is 0.841 bits per heavy atom. The molecule has 0 bridgehead atoms. The maximum absolute atomic E-state index is 6.47. The molecule has 0 atom stereocenters. The van der Waals surface area contributed by atoms with Gasteiger partial charge in [-0.05, 0) is 48.4 Å². The van der Waals surface area contributed by atoms with Crippen molar-refractivity contribution in [2.24, 2.45) is 11.8 Å². The number of allylic oxidation sites excluding steroid dienone is 4. The minimum absolute atomic E-state index is 0.440. The zero-order valence-electron chi connectivity index (χ0n) is 25.5. The van der Waals surface area contributed by atoms with Crippen molar-refractivity contribution in [2.45, 2.75) is 40.5 Å². The summed E-state index contributed by atoms with van der Waals surface area (Å²) < 4.78 is 8.18. The van der Waals surface area contributed by atoms with E-state index in [0.717, 1.165) is 59.8 Å². The summed E-state index contributed by atoms with van der Waals surface area (Å²) in [6, 6.07) is 18.1. The summed E-state index contributed by atoms with van der Waals surface area (Å²) in [4.78, 5) is 18.8. The van der Waals surface area contributed by atoms with Crippen LogP contribution in [0, 0.1) is 11.8 Å². The Morgan fingerprint density at radius 2 is 1.57 bits per heavy atom. The van der Waals surface area contributed by atoms with E-state index in [1.807, 2.05) is 48.7 Å². The first-order valence-electron chi connectivity index (χ1n) is 15.1. The maximum Gasteiger partial charge on any atom is 0.228 e. The van der Waals surface area contributed by atoms with Gasteiger partial charge in [-0.2, -0.15) is 15.0 Å². The van der Waals surface area contributed by atoms with Crippen LogP contribution in [0.4, 0.5) is 11.9 Å². The fourth-order valence-electron chi connectivity index (χ4n) is 4.76. The second kappa shape index (κ2) is 13.0. The van der Waals surface area contributed by atoms with Crippen LogP contribution in [0.1, 0.15) is 46.3 Å². The highest BCUT2D eigenvalue weighted by molar-refractivity contribution is 5.79. The Morgan fingerprint density at radius 3 is 2.25 bits per heavy atom. The number of aromatic nitrogens is 7. The highest BCUT2D eigenvalue weighted by Gasteiger charge is 2.21. The predicted molar refractivity (Wildman–Crippen MR) is 174 cm³/mol. The molecule has 44 heavy (non-hydrogen) atoms. The quantitative estimate of drug-likeness (QED) is 0.164. The topological polar surface area (TPSA) is 119 Å². The normalized spacial score (nSPS) is 13.0. The van der Waals surface area contributed by atoms with Crippen molar-refractivity contribution in [3.63, 3.8) is 0 Å². The van der Waals surface area contributed by atoms with Gasteiger partial charge in [-0.15, -0.1) is 5.10 Å². The summed E-state index contributed by atoms with van der Waals surface area (Å²) in [5.41, 5.74) is 5.20. The molecule has 0 spiro atoms. The van der Waals surface area contributed by atoms with E-state index in [1.165, 1.54) is 0 Å². The van der Waals surface area contributed by atoms with Gasteiger partial charge in [0.1, 0.15) is 5.69 Å². The van der Waals surface area contributed by atoms with E-state index < -0.39 is 0 Å². The Kier molecular flexibility index (Phi) is 8.58. The van der Waals surface area contributed by atoms with E-state index in [2.05, 4.69) is 94.0 Å². The smallest absolute Gasteiger partial charge is 0.228 e. The van der Waals surface area contributed by atoms with E-state index in [-0.39, 0.29) is 0 Å². The third-order valence-corrected chi connectivity index (χ3v) is 7.03. The highest BCUT2D eigenvalue weighted by atomic mass is 16.4.